The van der Waals surface area contributed by atoms with Gasteiger partial charge in [-0.2, -0.15) is 0 Å². The van der Waals surface area contributed by atoms with Gasteiger partial charge in [-0.05, 0) is 35.2 Å². The van der Waals surface area contributed by atoms with Crippen molar-refractivity contribution in [3.05, 3.63) is 94.5 Å². The van der Waals surface area contributed by atoms with E-state index >= 15 is 0 Å². The summed E-state index contributed by atoms with van der Waals surface area (Å²) in [5.41, 5.74) is 2.07. The monoisotopic (exact) mass is 470 g/mol. The molecular formula is C27H22N2O6. The summed E-state index contributed by atoms with van der Waals surface area (Å²) in [6, 6.07) is 23.9. The molecule has 8 nitrogen and oxygen atoms in total. The van der Waals surface area contributed by atoms with Gasteiger partial charge in [0.05, 0.1) is 35.7 Å². The van der Waals surface area contributed by atoms with Crippen LogP contribution in [0, 0.1) is 10.1 Å². The van der Waals surface area contributed by atoms with Crippen molar-refractivity contribution in [3.63, 3.8) is 0 Å². The summed E-state index contributed by atoms with van der Waals surface area (Å²) in [5, 5.41) is 24.0. The van der Waals surface area contributed by atoms with Crippen molar-refractivity contribution in [1.29, 1.82) is 0 Å². The van der Waals surface area contributed by atoms with Crippen LogP contribution in [0.15, 0.2) is 78.9 Å². The Bertz CT molecular complexity index is 1560. The van der Waals surface area contributed by atoms with E-state index in [1.165, 1.54) is 14.2 Å². The number of aromatic nitrogens is 1. The maximum atomic E-state index is 12.2. The van der Waals surface area contributed by atoms with Gasteiger partial charge in [-0.15, -0.1) is 0 Å². The van der Waals surface area contributed by atoms with Gasteiger partial charge < -0.3 is 19.3 Å². The van der Waals surface area contributed by atoms with Crippen molar-refractivity contribution in [2.45, 2.75) is 6.61 Å². The Morgan fingerprint density at radius 3 is 2.31 bits per heavy atom. The van der Waals surface area contributed by atoms with Gasteiger partial charge in [0.1, 0.15) is 12.3 Å². The summed E-state index contributed by atoms with van der Waals surface area (Å²) in [7, 11) is 2.99. The van der Waals surface area contributed by atoms with E-state index in [0.717, 1.165) is 10.9 Å². The lowest BCUT2D eigenvalue weighted by Gasteiger charge is -2.18. The molecule has 0 aliphatic heterocycles. The van der Waals surface area contributed by atoms with Crippen LogP contribution < -0.4 is 14.2 Å². The number of aromatic hydroxyl groups is 1. The summed E-state index contributed by atoms with van der Waals surface area (Å²) in [4.78, 5) is 11.6. The Balaban J connectivity index is 1.85. The number of benzene rings is 3. The summed E-state index contributed by atoms with van der Waals surface area (Å²) in [5.74, 6) is 0.562. The molecule has 35 heavy (non-hydrogen) atoms. The van der Waals surface area contributed by atoms with Gasteiger partial charge in [0.15, 0.2) is 11.5 Å². The fraction of sp³-hybridized carbons (Fsp3) is 0.111. The molecule has 0 saturated heterocycles. The highest BCUT2D eigenvalue weighted by molar-refractivity contribution is 5.95. The largest absolute Gasteiger partial charge is 0.501 e. The van der Waals surface area contributed by atoms with Crippen LogP contribution in [-0.2, 0) is 6.61 Å². The zero-order valence-corrected chi connectivity index (χ0v) is 19.1. The first-order valence-corrected chi connectivity index (χ1v) is 10.9. The highest BCUT2D eigenvalue weighted by Gasteiger charge is 2.33. The van der Waals surface area contributed by atoms with Gasteiger partial charge in [-0.1, -0.05) is 54.6 Å². The molecule has 3 aromatic carbocycles. The second-order valence-corrected chi connectivity index (χ2v) is 7.87. The standard InChI is InChI=1S/C27H22N2O6/c1-33-22-15-13-19(26(27(22)34-2)35-16-17-8-4-3-5-9-17)23-24(29(31)32)25(30)21-14-12-18-10-6-7-11-20(18)28(21)23/h3-15,30H,16H2,1-2H3. The van der Waals surface area contributed by atoms with Gasteiger partial charge in [0.2, 0.25) is 11.5 Å². The second-order valence-electron chi connectivity index (χ2n) is 7.87. The maximum Gasteiger partial charge on any atom is 0.337 e. The molecule has 1 N–H and O–H groups in total. The van der Waals surface area contributed by atoms with Gasteiger partial charge in [-0.3, -0.25) is 14.5 Å². The first kappa shape index (κ1) is 22.1. The van der Waals surface area contributed by atoms with Crippen molar-refractivity contribution in [1.82, 2.24) is 4.40 Å². The minimum Gasteiger partial charge on any atom is -0.501 e. The van der Waals surface area contributed by atoms with Crippen LogP contribution in [0.4, 0.5) is 5.69 Å². The maximum absolute atomic E-state index is 12.2. The number of para-hydroxylation sites is 1. The number of nitrogens with zero attached hydrogens (tertiary/aromatic N) is 2. The van der Waals surface area contributed by atoms with E-state index in [1.807, 2.05) is 60.7 Å². The van der Waals surface area contributed by atoms with Gasteiger partial charge in [0.25, 0.3) is 0 Å². The van der Waals surface area contributed by atoms with Gasteiger partial charge in [0, 0.05) is 0 Å². The molecule has 0 spiro atoms. The van der Waals surface area contributed by atoms with Crippen molar-refractivity contribution in [2.24, 2.45) is 0 Å². The first-order valence-electron chi connectivity index (χ1n) is 10.9. The molecule has 0 amide bonds. The SMILES string of the molecule is COc1ccc(-c2c([N+](=O)[O-])c(O)c3ccc4ccccc4n23)c(OCc2ccccc2)c1OC. The molecular weight excluding hydrogens is 448 g/mol. The fourth-order valence-corrected chi connectivity index (χ4v) is 4.35. The number of methoxy groups -OCH3 is 2. The molecule has 2 heterocycles. The van der Waals surface area contributed by atoms with E-state index in [2.05, 4.69) is 0 Å². The average molecular weight is 470 g/mol. The van der Waals surface area contributed by atoms with Gasteiger partial charge >= 0.3 is 5.69 Å². The Morgan fingerprint density at radius 1 is 0.857 bits per heavy atom. The Labute approximate surface area is 200 Å². The molecule has 0 saturated carbocycles. The predicted octanol–water partition coefficient (Wildman–Crippen LogP) is 5.97. The normalized spacial score (nSPS) is 11.0. The lowest BCUT2D eigenvalue weighted by atomic mass is 10.1. The molecule has 0 atom stereocenters. The Hall–Kier alpha value is -4.72. The van der Waals surface area contributed by atoms with Crippen LogP contribution in [0.3, 0.4) is 0 Å². The Kier molecular flexibility index (Phi) is 5.62. The lowest BCUT2D eigenvalue weighted by Crippen LogP contribution is -2.03. The third-order valence-corrected chi connectivity index (χ3v) is 5.92. The van der Waals surface area contributed by atoms with Crippen LogP contribution >= 0.6 is 0 Å². The molecule has 0 unspecified atom stereocenters. The van der Waals surface area contributed by atoms with E-state index in [0.29, 0.717) is 28.1 Å². The summed E-state index contributed by atoms with van der Waals surface area (Å²) in [6.07, 6.45) is 0. The van der Waals surface area contributed by atoms with E-state index < -0.39 is 16.4 Å². The molecule has 2 aromatic heterocycles. The zero-order valence-electron chi connectivity index (χ0n) is 19.1. The predicted molar refractivity (Wildman–Crippen MR) is 133 cm³/mol. The third kappa shape index (κ3) is 3.65. The van der Waals surface area contributed by atoms with Crippen LogP contribution in [0.5, 0.6) is 23.0 Å². The number of hydrogen-bond donors (Lipinski definition) is 1. The summed E-state index contributed by atoms with van der Waals surface area (Å²) < 4.78 is 19.0. The van der Waals surface area contributed by atoms with E-state index in [-0.39, 0.29) is 18.1 Å². The highest BCUT2D eigenvalue weighted by Crippen LogP contribution is 2.51. The Morgan fingerprint density at radius 2 is 1.60 bits per heavy atom. The molecule has 8 heteroatoms. The van der Waals surface area contributed by atoms with Crippen molar-refractivity contribution in [2.75, 3.05) is 14.2 Å². The molecule has 0 radical (unpaired) electrons. The van der Waals surface area contributed by atoms with Gasteiger partial charge in [-0.25, -0.2) is 0 Å². The lowest BCUT2D eigenvalue weighted by molar-refractivity contribution is -0.384. The molecule has 176 valence electrons. The molecule has 0 aliphatic carbocycles. The third-order valence-electron chi connectivity index (χ3n) is 5.92. The number of rotatable bonds is 7. The fourth-order valence-electron chi connectivity index (χ4n) is 4.35. The van der Waals surface area contributed by atoms with E-state index in [4.69, 9.17) is 14.2 Å². The van der Waals surface area contributed by atoms with E-state index in [1.54, 1.807) is 22.6 Å². The molecule has 0 fully saturated rings. The van der Waals surface area contributed by atoms with Crippen LogP contribution in [0.25, 0.3) is 27.7 Å². The second kappa shape index (κ2) is 8.90. The quantitative estimate of drug-likeness (QED) is 0.233. The first-order chi connectivity index (χ1) is 17.0. The topological polar surface area (TPSA) is 95.5 Å². The molecule has 0 bridgehead atoms. The number of hydrogen-bond acceptors (Lipinski definition) is 6. The number of pyridine rings is 1. The smallest absolute Gasteiger partial charge is 0.337 e. The number of nitro groups is 1. The minimum absolute atomic E-state index is 0.184. The highest BCUT2D eigenvalue weighted by atomic mass is 16.6. The molecule has 5 rings (SSSR count). The minimum atomic E-state index is -0.579. The van der Waals surface area contributed by atoms with Crippen molar-refractivity contribution in [3.8, 4) is 34.3 Å². The average Bonchev–Trinajstić information content (AvgIpc) is 3.20. The van der Waals surface area contributed by atoms with E-state index in [9.17, 15) is 15.2 Å². The molecule has 0 aliphatic rings. The number of fused-ring (bicyclic) bond motifs is 3. The van der Waals surface area contributed by atoms with Crippen molar-refractivity contribution < 1.29 is 24.2 Å². The summed E-state index contributed by atoms with van der Waals surface area (Å²) >= 11 is 0. The van der Waals surface area contributed by atoms with Crippen LogP contribution in [0.2, 0.25) is 0 Å². The molecule has 5 aromatic rings. The summed E-state index contributed by atoms with van der Waals surface area (Å²) in [6.45, 7) is 0.196. The zero-order chi connectivity index (χ0) is 24.5. The van der Waals surface area contributed by atoms with Crippen LogP contribution in [0.1, 0.15) is 5.56 Å². The number of ether oxygens (including phenoxy) is 3. The van der Waals surface area contributed by atoms with Crippen molar-refractivity contribution >= 4 is 22.1 Å². The van der Waals surface area contributed by atoms with Crippen LogP contribution in [-0.4, -0.2) is 28.7 Å².